The minimum absolute atomic E-state index is 0.0799. The van der Waals surface area contributed by atoms with Gasteiger partial charge in [0, 0.05) is 16.5 Å². The smallest absolute Gasteiger partial charge is 0.341 e. The molecular weight excluding hydrogens is 342 g/mol. The van der Waals surface area contributed by atoms with E-state index in [9.17, 15) is 9.59 Å². The number of pyridine rings is 1. The maximum absolute atomic E-state index is 12.9. The van der Waals surface area contributed by atoms with Crippen molar-refractivity contribution >= 4 is 28.4 Å². The fraction of sp³-hybridized carbons (Fsp3) is 0.136. The molecule has 0 fully saturated rings. The predicted molar refractivity (Wildman–Crippen MR) is 104 cm³/mol. The van der Waals surface area contributed by atoms with E-state index in [0.29, 0.717) is 22.2 Å². The van der Waals surface area contributed by atoms with Crippen molar-refractivity contribution in [3.05, 3.63) is 72.3 Å². The number of carbonyl (C=O) groups is 2. The average molecular weight is 361 g/mol. The van der Waals surface area contributed by atoms with Gasteiger partial charge in [-0.2, -0.15) is 0 Å². The Kier molecular flexibility index (Phi) is 5.31. The Bertz CT molecular complexity index is 1030. The van der Waals surface area contributed by atoms with E-state index in [1.54, 1.807) is 13.0 Å². The van der Waals surface area contributed by atoms with Gasteiger partial charge >= 0.3 is 11.9 Å². The first-order valence-electron chi connectivity index (χ1n) is 8.51. The zero-order valence-corrected chi connectivity index (χ0v) is 15.2. The zero-order chi connectivity index (χ0) is 19.4. The summed E-state index contributed by atoms with van der Waals surface area (Å²) in [6, 6.07) is 16.6. The highest BCUT2D eigenvalue weighted by atomic mass is 16.5. The molecule has 0 bridgehead atoms. The van der Waals surface area contributed by atoms with E-state index in [1.807, 2.05) is 48.5 Å². The molecule has 2 aromatic carbocycles. The quantitative estimate of drug-likeness (QED) is 0.502. The summed E-state index contributed by atoms with van der Waals surface area (Å²) >= 11 is 0. The highest BCUT2D eigenvalue weighted by molar-refractivity contribution is 6.23. The second kappa shape index (κ2) is 7.83. The van der Waals surface area contributed by atoms with Gasteiger partial charge in [-0.25, -0.2) is 14.6 Å². The highest BCUT2D eigenvalue weighted by Gasteiger charge is 2.27. The molecule has 0 aliphatic heterocycles. The zero-order valence-electron chi connectivity index (χ0n) is 15.2. The van der Waals surface area contributed by atoms with Crippen LogP contribution in [0.3, 0.4) is 0 Å². The van der Waals surface area contributed by atoms with Crippen LogP contribution in [-0.2, 0) is 14.3 Å². The van der Waals surface area contributed by atoms with Crippen molar-refractivity contribution in [2.24, 2.45) is 0 Å². The Morgan fingerprint density at radius 1 is 1.00 bits per heavy atom. The van der Waals surface area contributed by atoms with E-state index < -0.39 is 11.9 Å². The fourth-order valence-corrected chi connectivity index (χ4v) is 2.96. The van der Waals surface area contributed by atoms with Gasteiger partial charge < -0.3 is 9.47 Å². The Hall–Kier alpha value is -3.47. The second-order valence-corrected chi connectivity index (χ2v) is 5.78. The summed E-state index contributed by atoms with van der Waals surface area (Å²) in [6.07, 6.45) is 0. The Balaban J connectivity index is 2.44. The summed E-state index contributed by atoms with van der Waals surface area (Å²) < 4.78 is 10.1. The van der Waals surface area contributed by atoms with Gasteiger partial charge in [-0.05, 0) is 13.0 Å². The van der Waals surface area contributed by atoms with Crippen molar-refractivity contribution in [1.29, 1.82) is 0 Å². The largest absolute Gasteiger partial charge is 0.465 e. The van der Waals surface area contributed by atoms with Crippen molar-refractivity contribution in [1.82, 2.24) is 4.98 Å². The number of hydrogen-bond donors (Lipinski definition) is 0. The van der Waals surface area contributed by atoms with Crippen molar-refractivity contribution < 1.29 is 19.1 Å². The molecule has 0 N–H and O–H groups in total. The molecule has 0 saturated heterocycles. The van der Waals surface area contributed by atoms with Gasteiger partial charge in [0.1, 0.15) is 0 Å². The number of hydrogen-bond acceptors (Lipinski definition) is 5. The second-order valence-electron chi connectivity index (χ2n) is 5.78. The summed E-state index contributed by atoms with van der Waals surface area (Å²) in [6.45, 7) is 5.80. The van der Waals surface area contributed by atoms with Gasteiger partial charge in [0.05, 0.1) is 36.1 Å². The lowest BCUT2D eigenvalue weighted by Crippen LogP contribution is -2.14. The molecule has 0 aliphatic rings. The number of esters is 2. The van der Waals surface area contributed by atoms with Crippen LogP contribution in [0.4, 0.5) is 0 Å². The average Bonchev–Trinajstić information content (AvgIpc) is 2.72. The predicted octanol–water partition coefficient (Wildman–Crippen LogP) is 4.26. The number of carbonyl (C=O) groups excluding carboxylic acids is 2. The number of nitrogens with zero attached hydrogens (tertiary/aromatic N) is 1. The molecule has 5 nitrogen and oxygen atoms in total. The van der Waals surface area contributed by atoms with Crippen molar-refractivity contribution in [2.75, 3.05) is 13.7 Å². The van der Waals surface area contributed by atoms with Crippen molar-refractivity contribution in [3.63, 3.8) is 0 Å². The van der Waals surface area contributed by atoms with Crippen LogP contribution in [0.15, 0.2) is 61.2 Å². The summed E-state index contributed by atoms with van der Waals surface area (Å²) in [5.41, 5.74) is 2.49. The van der Waals surface area contributed by atoms with Crippen LogP contribution < -0.4 is 0 Å². The molecule has 3 rings (SSSR count). The van der Waals surface area contributed by atoms with Crippen molar-refractivity contribution in [3.8, 4) is 11.3 Å². The number of methoxy groups -OCH3 is 1. The lowest BCUT2D eigenvalue weighted by atomic mass is 9.92. The van der Waals surface area contributed by atoms with Crippen LogP contribution >= 0.6 is 0 Å². The number of ether oxygens (including phenoxy) is 2. The molecule has 1 aromatic heterocycles. The van der Waals surface area contributed by atoms with Crippen LogP contribution in [0, 0.1) is 0 Å². The molecule has 0 radical (unpaired) electrons. The minimum atomic E-state index is -0.615. The number of rotatable bonds is 5. The van der Waals surface area contributed by atoms with E-state index >= 15 is 0 Å². The van der Waals surface area contributed by atoms with Gasteiger partial charge in [0.15, 0.2) is 0 Å². The van der Waals surface area contributed by atoms with Crippen LogP contribution in [-0.4, -0.2) is 30.6 Å². The Labute approximate surface area is 157 Å². The standard InChI is InChI=1S/C22H19NO4/c1-4-27-22(25)19-18(14(2)21(24)26-3)16-12-8-9-13-17(16)23-20(19)15-10-6-5-7-11-15/h5-13H,2,4H2,1,3H3. The molecule has 0 atom stereocenters. The van der Waals surface area contributed by atoms with Crippen LogP contribution in [0.2, 0.25) is 0 Å². The van der Waals surface area contributed by atoms with Gasteiger partial charge in [-0.1, -0.05) is 55.1 Å². The van der Waals surface area contributed by atoms with Gasteiger partial charge in [0.25, 0.3) is 0 Å². The van der Waals surface area contributed by atoms with E-state index in [2.05, 4.69) is 11.6 Å². The molecular formula is C22H19NO4. The Morgan fingerprint density at radius 2 is 1.67 bits per heavy atom. The topological polar surface area (TPSA) is 65.5 Å². The number of para-hydroxylation sites is 1. The molecule has 136 valence electrons. The molecule has 0 spiro atoms. The van der Waals surface area contributed by atoms with E-state index in [1.165, 1.54) is 7.11 Å². The molecule has 0 saturated carbocycles. The molecule has 0 aliphatic carbocycles. The third-order valence-electron chi connectivity index (χ3n) is 4.15. The lowest BCUT2D eigenvalue weighted by molar-refractivity contribution is -0.133. The van der Waals surface area contributed by atoms with Gasteiger partial charge in [0.2, 0.25) is 0 Å². The highest BCUT2D eigenvalue weighted by Crippen LogP contribution is 2.34. The first kappa shape index (κ1) is 18.3. The normalized spacial score (nSPS) is 10.4. The summed E-state index contributed by atoms with van der Waals surface area (Å²) in [4.78, 5) is 29.8. The molecule has 27 heavy (non-hydrogen) atoms. The maximum atomic E-state index is 12.9. The molecule has 1 heterocycles. The third-order valence-corrected chi connectivity index (χ3v) is 4.15. The third kappa shape index (κ3) is 3.44. The fourth-order valence-electron chi connectivity index (χ4n) is 2.96. The van der Waals surface area contributed by atoms with Crippen molar-refractivity contribution in [2.45, 2.75) is 6.92 Å². The van der Waals surface area contributed by atoms with Crippen LogP contribution in [0.25, 0.3) is 27.7 Å². The van der Waals surface area contributed by atoms with Gasteiger partial charge in [-0.3, -0.25) is 0 Å². The van der Waals surface area contributed by atoms with E-state index in [0.717, 1.165) is 5.56 Å². The minimum Gasteiger partial charge on any atom is -0.465 e. The summed E-state index contributed by atoms with van der Waals surface area (Å²) in [7, 11) is 1.28. The monoisotopic (exact) mass is 361 g/mol. The first-order chi connectivity index (χ1) is 13.1. The number of benzene rings is 2. The molecule has 0 unspecified atom stereocenters. The van der Waals surface area contributed by atoms with E-state index in [-0.39, 0.29) is 17.7 Å². The molecule has 5 heteroatoms. The summed E-state index contributed by atoms with van der Waals surface area (Å²) in [5.74, 6) is -1.18. The lowest BCUT2D eigenvalue weighted by Gasteiger charge is -2.17. The van der Waals surface area contributed by atoms with E-state index in [4.69, 9.17) is 9.47 Å². The molecule has 3 aromatic rings. The van der Waals surface area contributed by atoms with Crippen LogP contribution in [0.5, 0.6) is 0 Å². The first-order valence-corrected chi connectivity index (χ1v) is 8.51. The Morgan fingerprint density at radius 3 is 2.33 bits per heavy atom. The molecule has 0 amide bonds. The number of aromatic nitrogens is 1. The number of fused-ring (bicyclic) bond motifs is 1. The van der Waals surface area contributed by atoms with Gasteiger partial charge in [-0.15, -0.1) is 0 Å². The maximum Gasteiger partial charge on any atom is 0.341 e. The van der Waals surface area contributed by atoms with Crippen LogP contribution in [0.1, 0.15) is 22.8 Å². The SMILES string of the molecule is C=C(C(=O)OC)c1c(C(=O)OCC)c(-c2ccccc2)nc2ccccc12. The summed E-state index contributed by atoms with van der Waals surface area (Å²) in [5, 5.41) is 0.635.